The van der Waals surface area contributed by atoms with Crippen LogP contribution in [0.25, 0.3) is 0 Å². The fourth-order valence-corrected chi connectivity index (χ4v) is 2.65. The van der Waals surface area contributed by atoms with Crippen molar-refractivity contribution in [3.63, 3.8) is 0 Å². The Hall–Kier alpha value is -0.570. The van der Waals surface area contributed by atoms with E-state index in [0.717, 1.165) is 13.0 Å². The fraction of sp³-hybridized carbons (Fsp3) is 0.917. The zero-order valence-corrected chi connectivity index (χ0v) is 10.1. The topological polar surface area (TPSA) is 29.5 Å². The van der Waals surface area contributed by atoms with Gasteiger partial charge in [0.2, 0.25) is 5.91 Å². The van der Waals surface area contributed by atoms with Gasteiger partial charge in [0, 0.05) is 12.3 Å². The maximum Gasteiger partial charge on any atom is 0.228 e. The molecule has 2 aliphatic heterocycles. The number of carbonyl (C=O) groups is 1. The summed E-state index contributed by atoms with van der Waals surface area (Å²) in [6, 6.07) is 0.297. The molecule has 86 valence electrons. The van der Waals surface area contributed by atoms with Crippen molar-refractivity contribution < 1.29 is 9.53 Å². The highest BCUT2D eigenvalue weighted by atomic mass is 16.5. The van der Waals surface area contributed by atoms with Gasteiger partial charge < -0.3 is 9.64 Å². The van der Waals surface area contributed by atoms with Crippen molar-refractivity contribution in [1.82, 2.24) is 4.90 Å². The van der Waals surface area contributed by atoms with Gasteiger partial charge in [-0.3, -0.25) is 4.79 Å². The molecule has 0 aromatic carbocycles. The molecule has 0 N–H and O–H groups in total. The van der Waals surface area contributed by atoms with E-state index in [1.165, 1.54) is 0 Å². The van der Waals surface area contributed by atoms with Gasteiger partial charge in [-0.15, -0.1) is 0 Å². The van der Waals surface area contributed by atoms with Crippen molar-refractivity contribution in [1.29, 1.82) is 0 Å². The number of ether oxygens (including phenoxy) is 1. The Morgan fingerprint density at radius 3 is 2.47 bits per heavy atom. The van der Waals surface area contributed by atoms with Crippen molar-refractivity contribution in [2.45, 2.75) is 46.4 Å². The van der Waals surface area contributed by atoms with Gasteiger partial charge >= 0.3 is 0 Å². The molecule has 0 aliphatic carbocycles. The second-order valence-corrected chi connectivity index (χ2v) is 5.43. The Balaban J connectivity index is 2.14. The molecule has 0 spiro atoms. The quantitative estimate of drug-likeness (QED) is 0.698. The van der Waals surface area contributed by atoms with E-state index < -0.39 is 0 Å². The van der Waals surface area contributed by atoms with Crippen molar-refractivity contribution in [3.05, 3.63) is 0 Å². The Bertz CT molecular complexity index is 262. The largest absolute Gasteiger partial charge is 0.356 e. The molecule has 3 nitrogen and oxygen atoms in total. The normalized spacial score (nSPS) is 35.7. The first-order chi connectivity index (χ1) is 7.02. The summed E-state index contributed by atoms with van der Waals surface area (Å²) in [5.74, 6) is 1.41. The van der Waals surface area contributed by atoms with Gasteiger partial charge in [-0.2, -0.15) is 0 Å². The number of nitrogens with zero attached hydrogens (tertiary/aromatic N) is 1. The van der Waals surface area contributed by atoms with Crippen LogP contribution in [-0.4, -0.2) is 29.7 Å². The summed E-state index contributed by atoms with van der Waals surface area (Å²) in [4.78, 5) is 14.2. The Morgan fingerprint density at radius 1 is 1.27 bits per heavy atom. The molecule has 0 saturated carbocycles. The van der Waals surface area contributed by atoms with Crippen molar-refractivity contribution in [2.75, 3.05) is 6.61 Å². The Kier molecular flexibility index (Phi) is 2.75. The predicted molar refractivity (Wildman–Crippen MR) is 58.2 cm³/mol. The molecule has 2 aliphatic rings. The number of fused-ring (bicyclic) bond motifs is 1. The summed E-state index contributed by atoms with van der Waals surface area (Å²) in [6.45, 7) is 9.28. The van der Waals surface area contributed by atoms with Gasteiger partial charge in [0.1, 0.15) is 6.23 Å². The first-order valence-corrected chi connectivity index (χ1v) is 5.96. The molecule has 1 amide bonds. The van der Waals surface area contributed by atoms with Crippen molar-refractivity contribution in [2.24, 2.45) is 17.8 Å². The minimum absolute atomic E-state index is 0.0669. The van der Waals surface area contributed by atoms with E-state index in [1.807, 2.05) is 4.90 Å². The minimum Gasteiger partial charge on any atom is -0.356 e. The smallest absolute Gasteiger partial charge is 0.228 e. The maximum atomic E-state index is 12.2. The first-order valence-electron chi connectivity index (χ1n) is 5.96. The predicted octanol–water partition coefficient (Wildman–Crippen LogP) is 1.87. The Labute approximate surface area is 91.8 Å². The van der Waals surface area contributed by atoms with E-state index in [1.54, 1.807) is 0 Å². The van der Waals surface area contributed by atoms with Gasteiger partial charge in [0.05, 0.1) is 12.6 Å². The monoisotopic (exact) mass is 211 g/mol. The number of rotatable bonds is 2. The number of hydrogen-bond donors (Lipinski definition) is 0. The lowest BCUT2D eigenvalue weighted by Gasteiger charge is -2.25. The summed E-state index contributed by atoms with van der Waals surface area (Å²) >= 11 is 0. The van der Waals surface area contributed by atoms with Crippen LogP contribution in [0.4, 0.5) is 0 Å². The van der Waals surface area contributed by atoms with Gasteiger partial charge in [0.25, 0.3) is 0 Å². The van der Waals surface area contributed by atoms with E-state index in [0.29, 0.717) is 23.8 Å². The summed E-state index contributed by atoms with van der Waals surface area (Å²) in [5, 5.41) is 0. The number of amides is 1. The van der Waals surface area contributed by atoms with Crippen molar-refractivity contribution >= 4 is 5.91 Å². The van der Waals surface area contributed by atoms with Gasteiger partial charge in [-0.1, -0.05) is 27.7 Å². The summed E-state index contributed by atoms with van der Waals surface area (Å²) < 4.78 is 5.71. The molecule has 2 heterocycles. The molecule has 0 bridgehead atoms. The lowest BCUT2D eigenvalue weighted by atomic mass is 9.94. The highest BCUT2D eigenvalue weighted by molar-refractivity contribution is 5.82. The van der Waals surface area contributed by atoms with Crippen LogP contribution in [0, 0.1) is 17.8 Å². The molecular formula is C12H21NO2. The SMILES string of the molecule is CC(C)[C@H]1C[C@H]2OC[C@@H](C(C)C)N2C1=O. The van der Waals surface area contributed by atoms with Crippen LogP contribution in [0.1, 0.15) is 34.1 Å². The van der Waals surface area contributed by atoms with E-state index in [9.17, 15) is 4.79 Å². The molecule has 2 saturated heterocycles. The standard InChI is InChI=1S/C12H21NO2/c1-7(2)9-5-11-13(12(9)14)10(6-15-11)8(3)4/h7-11H,5-6H2,1-4H3/t9-,10+,11-/m1/s1. The average Bonchev–Trinajstić information content (AvgIpc) is 2.66. The van der Waals surface area contributed by atoms with Gasteiger partial charge in [-0.25, -0.2) is 0 Å². The van der Waals surface area contributed by atoms with E-state index in [2.05, 4.69) is 27.7 Å². The third-order valence-corrected chi connectivity index (χ3v) is 3.73. The van der Waals surface area contributed by atoms with E-state index in [4.69, 9.17) is 4.74 Å². The van der Waals surface area contributed by atoms with Crippen LogP contribution in [0.2, 0.25) is 0 Å². The lowest BCUT2D eigenvalue weighted by molar-refractivity contribution is -0.135. The second kappa shape index (κ2) is 3.78. The summed E-state index contributed by atoms with van der Waals surface area (Å²) in [5.41, 5.74) is 0. The van der Waals surface area contributed by atoms with Crippen LogP contribution in [-0.2, 0) is 9.53 Å². The van der Waals surface area contributed by atoms with Crippen LogP contribution in [0.15, 0.2) is 0 Å². The average molecular weight is 211 g/mol. The first kappa shape index (κ1) is 10.9. The van der Waals surface area contributed by atoms with Crippen molar-refractivity contribution in [3.8, 4) is 0 Å². The second-order valence-electron chi connectivity index (χ2n) is 5.43. The minimum atomic E-state index is 0.0669. The molecule has 0 aromatic rings. The van der Waals surface area contributed by atoms with Gasteiger partial charge in [0.15, 0.2) is 0 Å². The lowest BCUT2D eigenvalue weighted by Crippen LogP contribution is -2.40. The summed E-state index contributed by atoms with van der Waals surface area (Å²) in [7, 11) is 0. The summed E-state index contributed by atoms with van der Waals surface area (Å²) in [6.07, 6.45) is 0.956. The van der Waals surface area contributed by atoms with Crippen LogP contribution >= 0.6 is 0 Å². The highest BCUT2D eigenvalue weighted by Crippen LogP contribution is 2.37. The zero-order chi connectivity index (χ0) is 11.2. The molecule has 15 heavy (non-hydrogen) atoms. The fourth-order valence-electron chi connectivity index (χ4n) is 2.65. The maximum absolute atomic E-state index is 12.2. The van der Waals surface area contributed by atoms with E-state index in [-0.39, 0.29) is 12.1 Å². The van der Waals surface area contributed by atoms with Gasteiger partial charge in [-0.05, 0) is 11.8 Å². The van der Waals surface area contributed by atoms with Crippen LogP contribution in [0.5, 0.6) is 0 Å². The molecule has 3 heteroatoms. The zero-order valence-electron chi connectivity index (χ0n) is 10.1. The number of hydrogen-bond acceptors (Lipinski definition) is 2. The molecule has 0 unspecified atom stereocenters. The molecular weight excluding hydrogens is 190 g/mol. The molecule has 0 aromatic heterocycles. The van der Waals surface area contributed by atoms with E-state index >= 15 is 0 Å². The highest BCUT2D eigenvalue weighted by Gasteiger charge is 2.49. The number of carbonyl (C=O) groups excluding carboxylic acids is 1. The van der Waals surface area contributed by atoms with Crippen LogP contribution in [0.3, 0.4) is 0 Å². The molecule has 2 fully saturated rings. The van der Waals surface area contributed by atoms with Crippen LogP contribution < -0.4 is 0 Å². The Morgan fingerprint density at radius 2 is 1.93 bits per heavy atom. The molecule has 2 rings (SSSR count). The molecule has 3 atom stereocenters. The third kappa shape index (κ3) is 1.67. The molecule has 0 radical (unpaired) electrons. The third-order valence-electron chi connectivity index (χ3n) is 3.73.